The lowest BCUT2D eigenvalue weighted by Crippen LogP contribution is -2.14. The van der Waals surface area contributed by atoms with E-state index in [1.54, 1.807) is 12.3 Å². The highest BCUT2D eigenvalue weighted by Gasteiger charge is 2.15. The van der Waals surface area contributed by atoms with Crippen molar-refractivity contribution in [3.05, 3.63) is 57.7 Å². The van der Waals surface area contributed by atoms with Crippen LogP contribution in [0.3, 0.4) is 0 Å². The Morgan fingerprint density at radius 3 is 2.82 bits per heavy atom. The first kappa shape index (κ1) is 12.3. The zero-order valence-corrected chi connectivity index (χ0v) is 11.0. The van der Waals surface area contributed by atoms with Crippen LogP contribution in [0.1, 0.15) is 22.9 Å². The smallest absolute Gasteiger partial charge is 0.137 e. The lowest BCUT2D eigenvalue weighted by Gasteiger charge is -2.11. The number of furan rings is 1. The van der Waals surface area contributed by atoms with Crippen LogP contribution in [0, 0.1) is 12.7 Å². The predicted octanol–water partition coefficient (Wildman–Crippen LogP) is 3.73. The van der Waals surface area contributed by atoms with E-state index in [0.717, 1.165) is 16.9 Å². The molecule has 0 radical (unpaired) electrons. The minimum Gasteiger partial charge on any atom is -0.467 e. The zero-order chi connectivity index (χ0) is 12.4. The molecule has 1 aromatic carbocycles. The van der Waals surface area contributed by atoms with Gasteiger partial charge in [0.15, 0.2) is 0 Å². The van der Waals surface area contributed by atoms with Crippen molar-refractivity contribution >= 4 is 15.9 Å². The molecule has 1 heterocycles. The van der Waals surface area contributed by atoms with Gasteiger partial charge in [0.25, 0.3) is 0 Å². The van der Waals surface area contributed by atoms with Gasteiger partial charge in [-0.3, -0.25) is 0 Å². The van der Waals surface area contributed by atoms with Crippen LogP contribution in [0.15, 0.2) is 39.4 Å². The summed E-state index contributed by atoms with van der Waals surface area (Å²) in [5, 5.41) is 0. The van der Waals surface area contributed by atoms with E-state index in [-0.39, 0.29) is 11.9 Å². The van der Waals surface area contributed by atoms with Gasteiger partial charge >= 0.3 is 0 Å². The van der Waals surface area contributed by atoms with Gasteiger partial charge in [-0.1, -0.05) is 12.1 Å². The molecule has 2 N–H and O–H groups in total. The van der Waals surface area contributed by atoms with Crippen LogP contribution in [0.5, 0.6) is 0 Å². The Morgan fingerprint density at radius 2 is 2.18 bits per heavy atom. The second kappa shape index (κ2) is 5.02. The Bertz CT molecular complexity index is 524. The maximum atomic E-state index is 13.3. The van der Waals surface area contributed by atoms with Gasteiger partial charge in [0.2, 0.25) is 0 Å². The van der Waals surface area contributed by atoms with Crippen molar-refractivity contribution in [3.63, 3.8) is 0 Å². The van der Waals surface area contributed by atoms with E-state index in [1.807, 2.05) is 19.1 Å². The fraction of sp³-hybridized carbons (Fsp3) is 0.231. The van der Waals surface area contributed by atoms with Crippen LogP contribution >= 0.6 is 15.9 Å². The van der Waals surface area contributed by atoms with E-state index in [9.17, 15) is 4.39 Å². The van der Waals surface area contributed by atoms with E-state index < -0.39 is 0 Å². The molecule has 17 heavy (non-hydrogen) atoms. The molecule has 0 spiro atoms. The maximum Gasteiger partial charge on any atom is 0.137 e. The van der Waals surface area contributed by atoms with E-state index >= 15 is 0 Å². The Kier molecular flexibility index (Phi) is 3.64. The third-order valence-electron chi connectivity index (χ3n) is 2.71. The number of aryl methyl sites for hydroxylation is 1. The summed E-state index contributed by atoms with van der Waals surface area (Å²) < 4.78 is 19.1. The van der Waals surface area contributed by atoms with Crippen LogP contribution in [0.2, 0.25) is 0 Å². The van der Waals surface area contributed by atoms with E-state index in [1.165, 1.54) is 6.07 Å². The quantitative estimate of drug-likeness (QED) is 0.937. The minimum absolute atomic E-state index is 0.261. The molecule has 0 aliphatic rings. The van der Waals surface area contributed by atoms with Gasteiger partial charge in [-0.15, -0.1) is 0 Å². The molecule has 4 heteroatoms. The summed E-state index contributed by atoms with van der Waals surface area (Å²) >= 11 is 3.23. The second-order valence-electron chi connectivity index (χ2n) is 3.99. The molecule has 90 valence electrons. The highest BCUT2D eigenvalue weighted by atomic mass is 79.9. The number of hydrogen-bond acceptors (Lipinski definition) is 2. The van der Waals surface area contributed by atoms with Crippen LogP contribution in [0.25, 0.3) is 0 Å². The minimum atomic E-state index is -0.272. The lowest BCUT2D eigenvalue weighted by molar-refractivity contribution is 0.461. The van der Waals surface area contributed by atoms with E-state index in [4.69, 9.17) is 10.2 Å². The first-order valence-electron chi connectivity index (χ1n) is 5.32. The first-order chi connectivity index (χ1) is 8.09. The summed E-state index contributed by atoms with van der Waals surface area (Å²) in [7, 11) is 0. The number of benzene rings is 1. The van der Waals surface area contributed by atoms with Gasteiger partial charge in [-0.2, -0.15) is 0 Å². The average Bonchev–Trinajstić information content (AvgIpc) is 2.71. The predicted molar refractivity (Wildman–Crippen MR) is 68.2 cm³/mol. The fourth-order valence-corrected chi connectivity index (χ4v) is 2.23. The van der Waals surface area contributed by atoms with Crippen LogP contribution in [0.4, 0.5) is 4.39 Å². The first-order valence-corrected chi connectivity index (χ1v) is 6.11. The molecule has 0 amide bonds. The molecule has 2 nitrogen and oxygen atoms in total. The van der Waals surface area contributed by atoms with Crippen molar-refractivity contribution < 1.29 is 8.81 Å². The molecule has 1 aromatic heterocycles. The highest BCUT2D eigenvalue weighted by Crippen LogP contribution is 2.26. The Morgan fingerprint density at radius 1 is 1.41 bits per heavy atom. The van der Waals surface area contributed by atoms with E-state index in [2.05, 4.69) is 15.9 Å². The molecule has 0 aliphatic heterocycles. The summed E-state index contributed by atoms with van der Waals surface area (Å²) in [6, 6.07) is 6.55. The number of hydrogen-bond donors (Lipinski definition) is 1. The third kappa shape index (κ3) is 2.58. The third-order valence-corrected chi connectivity index (χ3v) is 3.60. The van der Waals surface area contributed by atoms with Crippen LogP contribution in [-0.4, -0.2) is 0 Å². The molecule has 2 aromatic rings. The summed E-state index contributed by atoms with van der Waals surface area (Å²) in [6.45, 7) is 1.94. The van der Waals surface area contributed by atoms with Gasteiger partial charge in [0.05, 0.1) is 16.8 Å². The molecule has 0 bridgehead atoms. The largest absolute Gasteiger partial charge is 0.467 e. The molecular weight excluding hydrogens is 285 g/mol. The highest BCUT2D eigenvalue weighted by molar-refractivity contribution is 9.10. The lowest BCUT2D eigenvalue weighted by atomic mass is 10.0. The van der Waals surface area contributed by atoms with Crippen LogP contribution < -0.4 is 5.73 Å². The second-order valence-corrected chi connectivity index (χ2v) is 4.78. The number of nitrogens with two attached hydrogens (primary N) is 1. The summed E-state index contributed by atoms with van der Waals surface area (Å²) in [5.74, 6) is 0.479. The number of halogens is 2. The molecule has 1 atom stereocenters. The van der Waals surface area contributed by atoms with Crippen molar-refractivity contribution in [3.8, 4) is 0 Å². The molecule has 1 unspecified atom stereocenters. The molecule has 0 saturated carbocycles. The van der Waals surface area contributed by atoms with Crippen molar-refractivity contribution in [2.24, 2.45) is 5.73 Å². The van der Waals surface area contributed by atoms with Gasteiger partial charge < -0.3 is 10.2 Å². The average molecular weight is 298 g/mol. The summed E-state index contributed by atoms with van der Waals surface area (Å²) in [4.78, 5) is 0. The standard InChI is InChI=1S/C13H13BrFNO/c1-8-5-6-17-13(8)11(16)7-9-3-2-4-10(15)12(9)14/h2-6,11H,7,16H2,1H3. The van der Waals surface area contributed by atoms with Crippen molar-refractivity contribution in [2.45, 2.75) is 19.4 Å². The zero-order valence-electron chi connectivity index (χ0n) is 9.41. The Labute approximate surface area is 108 Å². The molecular formula is C13H13BrFNO. The fourth-order valence-electron chi connectivity index (χ4n) is 1.80. The van der Waals surface area contributed by atoms with Gasteiger partial charge in [-0.05, 0) is 52.5 Å². The van der Waals surface area contributed by atoms with Gasteiger partial charge in [0.1, 0.15) is 11.6 Å². The summed E-state index contributed by atoms with van der Waals surface area (Å²) in [5.41, 5.74) is 7.91. The molecule has 0 saturated heterocycles. The van der Waals surface area contributed by atoms with Crippen molar-refractivity contribution in [1.82, 2.24) is 0 Å². The Hall–Kier alpha value is -1.13. The van der Waals surface area contributed by atoms with E-state index in [0.29, 0.717) is 10.9 Å². The molecule has 0 aliphatic carbocycles. The van der Waals surface area contributed by atoms with Crippen LogP contribution in [-0.2, 0) is 6.42 Å². The topological polar surface area (TPSA) is 39.2 Å². The molecule has 2 rings (SSSR count). The van der Waals surface area contributed by atoms with Gasteiger partial charge in [0, 0.05) is 0 Å². The molecule has 0 fully saturated rings. The van der Waals surface area contributed by atoms with Crippen molar-refractivity contribution in [2.75, 3.05) is 0 Å². The van der Waals surface area contributed by atoms with Gasteiger partial charge in [-0.25, -0.2) is 4.39 Å². The monoisotopic (exact) mass is 297 g/mol. The summed E-state index contributed by atoms with van der Waals surface area (Å²) in [6.07, 6.45) is 2.15. The normalized spacial score (nSPS) is 12.7. The van der Waals surface area contributed by atoms with Crippen molar-refractivity contribution in [1.29, 1.82) is 0 Å². The SMILES string of the molecule is Cc1ccoc1C(N)Cc1cccc(F)c1Br. The number of rotatable bonds is 3. The Balaban J connectivity index is 2.22. The maximum absolute atomic E-state index is 13.3.